The molecule has 0 saturated carbocycles. The van der Waals surface area contributed by atoms with E-state index in [-0.39, 0.29) is 23.4 Å². The van der Waals surface area contributed by atoms with E-state index in [1.54, 1.807) is 0 Å². The lowest BCUT2D eigenvalue weighted by atomic mass is 10.0. The SMILES string of the molecule is CC(C)(C)[Si](C)(C)O[C@@H]1C[C@H](COCc2ccccc2)O[C@@]2(C)O[C@@H]12. The van der Waals surface area contributed by atoms with E-state index >= 15 is 0 Å². The molecule has 0 radical (unpaired) electrons. The molecule has 1 aromatic carbocycles. The molecule has 2 heterocycles. The average Bonchev–Trinajstić information content (AvgIpc) is 3.19. The molecule has 0 amide bonds. The summed E-state index contributed by atoms with van der Waals surface area (Å²) in [5.74, 6) is -0.494. The Balaban J connectivity index is 1.56. The molecule has 2 saturated heterocycles. The molecule has 1 aromatic rings. The van der Waals surface area contributed by atoms with Crippen molar-refractivity contribution in [2.24, 2.45) is 0 Å². The van der Waals surface area contributed by atoms with Crippen molar-refractivity contribution < 1.29 is 18.6 Å². The Labute approximate surface area is 152 Å². The van der Waals surface area contributed by atoms with Crippen LogP contribution in [0.1, 0.15) is 39.7 Å². The standard InChI is InChI=1S/C20H32O4Si/c1-19(2,3)25(5,6)24-17-12-16(22-20(4)18(17)23-20)14-21-13-15-10-8-7-9-11-15/h7-11,16-18H,12-14H2,1-6H3/t16-,17-,18+,20+/m1/s1. The van der Waals surface area contributed by atoms with Crippen molar-refractivity contribution in [1.29, 1.82) is 0 Å². The number of benzene rings is 1. The summed E-state index contributed by atoms with van der Waals surface area (Å²) in [5, 5.41) is 0.190. The number of rotatable bonds is 6. The molecule has 0 spiro atoms. The van der Waals surface area contributed by atoms with Crippen molar-refractivity contribution >= 4 is 8.32 Å². The van der Waals surface area contributed by atoms with E-state index in [4.69, 9.17) is 18.6 Å². The van der Waals surface area contributed by atoms with Crippen molar-refractivity contribution in [3.8, 4) is 0 Å². The maximum absolute atomic E-state index is 6.64. The average molecular weight is 365 g/mol. The van der Waals surface area contributed by atoms with Crippen molar-refractivity contribution in [1.82, 2.24) is 0 Å². The smallest absolute Gasteiger partial charge is 0.195 e. The summed E-state index contributed by atoms with van der Waals surface area (Å²) in [6, 6.07) is 10.2. The quantitative estimate of drug-likeness (QED) is 0.550. The second kappa shape index (κ2) is 6.78. The molecule has 0 aliphatic carbocycles. The molecular formula is C20H32O4Si. The molecule has 140 valence electrons. The zero-order valence-corrected chi connectivity index (χ0v) is 17.4. The van der Waals surface area contributed by atoms with E-state index < -0.39 is 14.1 Å². The first kappa shape index (κ1) is 19.0. The van der Waals surface area contributed by atoms with Crippen molar-refractivity contribution in [2.45, 2.75) is 83.0 Å². The van der Waals surface area contributed by atoms with E-state index in [0.717, 1.165) is 6.42 Å². The molecule has 2 fully saturated rings. The number of fused-ring (bicyclic) bond motifs is 1. The van der Waals surface area contributed by atoms with Gasteiger partial charge < -0.3 is 18.6 Å². The minimum absolute atomic E-state index is 0.0160. The fraction of sp³-hybridized carbons (Fsp3) is 0.700. The topological polar surface area (TPSA) is 40.2 Å². The summed E-state index contributed by atoms with van der Waals surface area (Å²) in [5.41, 5.74) is 1.18. The molecule has 4 nitrogen and oxygen atoms in total. The first-order chi connectivity index (χ1) is 11.6. The Kier molecular flexibility index (Phi) is 5.17. The van der Waals surface area contributed by atoms with Gasteiger partial charge in [-0.1, -0.05) is 51.1 Å². The van der Waals surface area contributed by atoms with Crippen LogP contribution in [0.15, 0.2) is 30.3 Å². The predicted molar refractivity (Wildman–Crippen MR) is 101 cm³/mol. The molecular weight excluding hydrogens is 332 g/mol. The molecule has 0 aromatic heterocycles. The Bertz CT molecular complexity index is 583. The van der Waals surface area contributed by atoms with Crippen molar-refractivity contribution in [3.63, 3.8) is 0 Å². The van der Waals surface area contributed by atoms with Crippen LogP contribution in [0.4, 0.5) is 0 Å². The van der Waals surface area contributed by atoms with Gasteiger partial charge in [-0.15, -0.1) is 0 Å². The van der Waals surface area contributed by atoms with E-state index in [1.807, 2.05) is 25.1 Å². The van der Waals surface area contributed by atoms with Crippen LogP contribution < -0.4 is 0 Å². The lowest BCUT2D eigenvalue weighted by molar-refractivity contribution is -0.131. The molecule has 0 unspecified atom stereocenters. The Hall–Kier alpha value is -0.723. The summed E-state index contributed by atoms with van der Waals surface area (Å²) in [4.78, 5) is 0. The minimum atomic E-state index is -1.83. The van der Waals surface area contributed by atoms with E-state index in [9.17, 15) is 0 Å². The minimum Gasteiger partial charge on any atom is -0.411 e. The predicted octanol–water partition coefficient (Wildman–Crippen LogP) is 4.50. The normalized spacial score (nSPS) is 32.3. The molecule has 3 rings (SSSR count). The van der Waals surface area contributed by atoms with Crippen LogP contribution in [0.5, 0.6) is 0 Å². The second-order valence-electron chi connectivity index (χ2n) is 8.95. The summed E-state index contributed by atoms with van der Waals surface area (Å²) in [6.07, 6.45) is 1.01. The van der Waals surface area contributed by atoms with E-state index in [1.165, 1.54) is 5.56 Å². The van der Waals surface area contributed by atoms with Crippen LogP contribution in [0.3, 0.4) is 0 Å². The van der Waals surface area contributed by atoms with Crippen LogP contribution in [0.2, 0.25) is 18.1 Å². The number of ether oxygens (including phenoxy) is 3. The zero-order valence-electron chi connectivity index (χ0n) is 16.4. The summed E-state index contributed by atoms with van der Waals surface area (Å²) < 4.78 is 24.5. The van der Waals surface area contributed by atoms with Gasteiger partial charge in [0.2, 0.25) is 0 Å². The van der Waals surface area contributed by atoms with Gasteiger partial charge in [0.15, 0.2) is 14.1 Å². The van der Waals surface area contributed by atoms with Crippen LogP contribution in [0.25, 0.3) is 0 Å². The maximum atomic E-state index is 6.64. The van der Waals surface area contributed by atoms with Gasteiger partial charge >= 0.3 is 0 Å². The highest BCUT2D eigenvalue weighted by Crippen LogP contribution is 2.49. The zero-order chi connectivity index (χ0) is 18.3. The fourth-order valence-electron chi connectivity index (χ4n) is 3.14. The highest BCUT2D eigenvalue weighted by molar-refractivity contribution is 6.74. The maximum Gasteiger partial charge on any atom is 0.195 e. The first-order valence-electron chi connectivity index (χ1n) is 9.26. The molecule has 2 aliphatic heterocycles. The van der Waals surface area contributed by atoms with Gasteiger partial charge in [-0.25, -0.2) is 0 Å². The number of hydrogen-bond acceptors (Lipinski definition) is 4. The fourth-order valence-corrected chi connectivity index (χ4v) is 4.47. The van der Waals surface area contributed by atoms with Crippen LogP contribution in [-0.4, -0.2) is 39.0 Å². The Morgan fingerprint density at radius 2 is 1.84 bits per heavy atom. The van der Waals surface area contributed by atoms with Gasteiger partial charge in [-0.2, -0.15) is 0 Å². The lowest BCUT2D eigenvalue weighted by Crippen LogP contribution is -2.50. The summed E-state index contributed by atoms with van der Waals surface area (Å²) in [6.45, 7) is 14.6. The number of epoxide rings is 1. The number of hydrogen-bond donors (Lipinski definition) is 0. The lowest BCUT2D eigenvalue weighted by Gasteiger charge is -2.41. The molecule has 0 N–H and O–H groups in total. The van der Waals surface area contributed by atoms with E-state index in [2.05, 4.69) is 46.0 Å². The van der Waals surface area contributed by atoms with E-state index in [0.29, 0.717) is 13.2 Å². The highest BCUT2D eigenvalue weighted by Gasteiger charge is 2.63. The third-order valence-corrected chi connectivity index (χ3v) is 10.2. The Morgan fingerprint density at radius 3 is 2.48 bits per heavy atom. The summed E-state index contributed by atoms with van der Waals surface area (Å²) >= 11 is 0. The van der Waals surface area contributed by atoms with Gasteiger partial charge in [0.05, 0.1) is 25.4 Å². The van der Waals surface area contributed by atoms with Crippen LogP contribution in [0, 0.1) is 0 Å². The van der Waals surface area contributed by atoms with Gasteiger partial charge in [-0.3, -0.25) is 0 Å². The molecule has 25 heavy (non-hydrogen) atoms. The van der Waals surface area contributed by atoms with Crippen molar-refractivity contribution in [3.05, 3.63) is 35.9 Å². The highest BCUT2D eigenvalue weighted by atomic mass is 28.4. The second-order valence-corrected chi connectivity index (χ2v) is 13.7. The van der Waals surface area contributed by atoms with Gasteiger partial charge in [0.1, 0.15) is 6.10 Å². The molecule has 2 aliphatic rings. The Morgan fingerprint density at radius 1 is 1.16 bits per heavy atom. The molecule has 4 atom stereocenters. The molecule has 0 bridgehead atoms. The van der Waals surface area contributed by atoms with Crippen LogP contribution >= 0.6 is 0 Å². The van der Waals surface area contributed by atoms with Gasteiger partial charge in [0, 0.05) is 6.42 Å². The largest absolute Gasteiger partial charge is 0.411 e. The van der Waals surface area contributed by atoms with Crippen molar-refractivity contribution in [2.75, 3.05) is 6.61 Å². The first-order valence-corrected chi connectivity index (χ1v) is 12.2. The van der Waals surface area contributed by atoms with Gasteiger partial charge in [0.25, 0.3) is 0 Å². The summed E-state index contributed by atoms with van der Waals surface area (Å²) in [7, 11) is -1.83. The van der Waals surface area contributed by atoms with Crippen LogP contribution in [-0.2, 0) is 25.2 Å². The third kappa shape index (κ3) is 4.34. The monoisotopic (exact) mass is 364 g/mol. The molecule has 5 heteroatoms. The third-order valence-electron chi connectivity index (χ3n) is 5.72. The van der Waals surface area contributed by atoms with Gasteiger partial charge in [-0.05, 0) is 30.6 Å².